The molecule has 0 aromatic carbocycles. The maximum Gasteiger partial charge on any atom is 0.242 e. The molecule has 0 unspecified atom stereocenters. The molecular formula is C11H17NO3S2. The molecule has 1 aromatic rings. The Morgan fingerprint density at radius 1 is 1.53 bits per heavy atom. The first-order valence-corrected chi connectivity index (χ1v) is 8.10. The first kappa shape index (κ1) is 13.0. The van der Waals surface area contributed by atoms with Crippen LogP contribution in [0.2, 0.25) is 0 Å². The van der Waals surface area contributed by atoms with Crippen LogP contribution in [0.25, 0.3) is 0 Å². The zero-order valence-corrected chi connectivity index (χ0v) is 11.4. The van der Waals surface area contributed by atoms with E-state index in [1.165, 1.54) is 11.3 Å². The summed E-state index contributed by atoms with van der Waals surface area (Å²) in [6, 6.07) is 1.56. The molecule has 1 aromatic heterocycles. The summed E-state index contributed by atoms with van der Waals surface area (Å²) in [6.07, 6.45) is 3.69. The van der Waals surface area contributed by atoms with Crippen molar-refractivity contribution in [3.63, 3.8) is 0 Å². The molecule has 0 bridgehead atoms. The lowest BCUT2D eigenvalue weighted by Gasteiger charge is -2.41. The highest BCUT2D eigenvalue weighted by Gasteiger charge is 2.39. The average Bonchev–Trinajstić information content (AvgIpc) is 2.72. The zero-order chi connectivity index (χ0) is 12.5. The first-order valence-electron chi connectivity index (χ1n) is 5.74. The number of thiophene rings is 1. The van der Waals surface area contributed by atoms with Crippen molar-refractivity contribution < 1.29 is 13.5 Å². The minimum atomic E-state index is -3.49. The molecule has 4 nitrogen and oxygen atoms in total. The predicted octanol–water partition coefficient (Wildman–Crippen LogP) is 1.85. The smallest absolute Gasteiger partial charge is 0.242 e. The van der Waals surface area contributed by atoms with Crippen molar-refractivity contribution in [1.29, 1.82) is 0 Å². The van der Waals surface area contributed by atoms with Crippen molar-refractivity contribution in [2.45, 2.75) is 49.6 Å². The van der Waals surface area contributed by atoms with E-state index in [1.807, 2.05) is 6.92 Å². The molecule has 0 radical (unpaired) electrons. The van der Waals surface area contributed by atoms with Gasteiger partial charge in [0.1, 0.15) is 0 Å². The van der Waals surface area contributed by atoms with E-state index in [4.69, 9.17) is 5.11 Å². The molecule has 2 N–H and O–H groups in total. The van der Waals surface area contributed by atoms with Gasteiger partial charge in [0, 0.05) is 10.4 Å². The molecule has 0 atom stereocenters. The van der Waals surface area contributed by atoms with Gasteiger partial charge in [-0.15, -0.1) is 11.3 Å². The third-order valence-electron chi connectivity index (χ3n) is 3.48. The number of sulfonamides is 1. The fourth-order valence-corrected chi connectivity index (χ4v) is 4.98. The van der Waals surface area contributed by atoms with E-state index in [2.05, 4.69) is 4.72 Å². The summed E-state index contributed by atoms with van der Waals surface area (Å²) in [5, 5.41) is 10.8. The van der Waals surface area contributed by atoms with E-state index in [9.17, 15) is 8.42 Å². The largest absolute Gasteiger partial charge is 0.391 e. The van der Waals surface area contributed by atoms with Gasteiger partial charge in [-0.1, -0.05) is 6.92 Å². The zero-order valence-electron chi connectivity index (χ0n) is 9.77. The average molecular weight is 275 g/mol. The predicted molar refractivity (Wildman–Crippen MR) is 67.4 cm³/mol. The Hall–Kier alpha value is -0.430. The summed E-state index contributed by atoms with van der Waals surface area (Å²) >= 11 is 1.27. The van der Waals surface area contributed by atoms with Crippen LogP contribution in [0.3, 0.4) is 0 Å². The molecule has 2 rings (SSSR count). The fourth-order valence-electron chi connectivity index (χ4n) is 2.15. The normalized spacial score (nSPS) is 18.9. The summed E-state index contributed by atoms with van der Waals surface area (Å²) in [6.45, 7) is 1.77. The molecule has 6 heteroatoms. The Balaban J connectivity index is 2.25. The summed E-state index contributed by atoms with van der Waals surface area (Å²) in [7, 11) is -3.49. The van der Waals surface area contributed by atoms with Crippen molar-refractivity contribution in [2.75, 3.05) is 0 Å². The van der Waals surface area contributed by atoms with Gasteiger partial charge in [-0.25, -0.2) is 13.1 Å². The summed E-state index contributed by atoms with van der Waals surface area (Å²) in [5.74, 6) is 0. The molecule has 96 valence electrons. The molecule has 1 heterocycles. The van der Waals surface area contributed by atoms with Gasteiger partial charge in [0.2, 0.25) is 10.0 Å². The minimum absolute atomic E-state index is 0.227. The quantitative estimate of drug-likeness (QED) is 0.862. The number of hydrogen-bond acceptors (Lipinski definition) is 4. The molecule has 1 saturated carbocycles. The van der Waals surface area contributed by atoms with Gasteiger partial charge < -0.3 is 5.11 Å². The Kier molecular flexibility index (Phi) is 3.58. The van der Waals surface area contributed by atoms with Crippen LogP contribution in [-0.4, -0.2) is 19.1 Å². The second-order valence-corrected chi connectivity index (χ2v) is 7.11. The number of aliphatic hydroxyl groups is 1. The Morgan fingerprint density at radius 2 is 2.24 bits per heavy atom. The summed E-state index contributed by atoms with van der Waals surface area (Å²) in [5.41, 5.74) is -0.256. The lowest BCUT2D eigenvalue weighted by atomic mass is 9.76. The highest BCUT2D eigenvalue weighted by molar-refractivity contribution is 7.89. The van der Waals surface area contributed by atoms with Crippen LogP contribution >= 0.6 is 11.3 Å². The second-order valence-electron chi connectivity index (χ2n) is 4.46. The molecule has 0 amide bonds. The third kappa shape index (κ3) is 2.40. The number of aliphatic hydroxyl groups excluding tert-OH is 1. The van der Waals surface area contributed by atoms with Crippen molar-refractivity contribution in [3.05, 3.63) is 16.3 Å². The van der Waals surface area contributed by atoms with Gasteiger partial charge >= 0.3 is 0 Å². The van der Waals surface area contributed by atoms with Gasteiger partial charge in [-0.05, 0) is 37.1 Å². The topological polar surface area (TPSA) is 66.4 Å². The monoisotopic (exact) mass is 275 g/mol. The van der Waals surface area contributed by atoms with Crippen LogP contribution < -0.4 is 4.72 Å². The Labute approximate surface area is 106 Å². The van der Waals surface area contributed by atoms with Gasteiger partial charge in [-0.3, -0.25) is 0 Å². The van der Waals surface area contributed by atoms with E-state index >= 15 is 0 Å². The number of nitrogens with one attached hydrogen (secondary N) is 1. The molecular weight excluding hydrogens is 258 g/mol. The van der Waals surface area contributed by atoms with E-state index in [-0.39, 0.29) is 17.0 Å². The van der Waals surface area contributed by atoms with Gasteiger partial charge in [0.25, 0.3) is 0 Å². The van der Waals surface area contributed by atoms with Crippen LogP contribution in [0.5, 0.6) is 0 Å². The molecule has 1 aliphatic rings. The molecule has 1 fully saturated rings. The Morgan fingerprint density at radius 3 is 2.71 bits per heavy atom. The van der Waals surface area contributed by atoms with Gasteiger partial charge in [-0.2, -0.15) is 0 Å². The van der Waals surface area contributed by atoms with Gasteiger partial charge in [0.15, 0.2) is 0 Å². The molecule has 0 aliphatic heterocycles. The lowest BCUT2D eigenvalue weighted by molar-refractivity contribution is 0.213. The van der Waals surface area contributed by atoms with Gasteiger partial charge in [0.05, 0.1) is 11.5 Å². The van der Waals surface area contributed by atoms with E-state index < -0.39 is 10.0 Å². The highest BCUT2D eigenvalue weighted by atomic mass is 32.2. The first-order chi connectivity index (χ1) is 8.03. The standard InChI is InChI=1S/C11H17NO3S2/c1-2-11(5-3-6-11)12-17(14,15)10-4-7-16-9(10)8-13/h4,7,12-13H,2-3,5-6,8H2,1H3. The second kappa shape index (κ2) is 4.68. The van der Waals surface area contributed by atoms with E-state index in [1.54, 1.807) is 11.4 Å². The van der Waals surface area contributed by atoms with Crippen LogP contribution in [-0.2, 0) is 16.6 Å². The third-order valence-corrected chi connectivity index (χ3v) is 6.17. The Bertz CT molecular complexity index is 483. The maximum absolute atomic E-state index is 12.2. The molecule has 1 aliphatic carbocycles. The van der Waals surface area contributed by atoms with Crippen molar-refractivity contribution in [2.24, 2.45) is 0 Å². The fraction of sp³-hybridized carbons (Fsp3) is 0.636. The van der Waals surface area contributed by atoms with Crippen LogP contribution in [0.1, 0.15) is 37.5 Å². The number of hydrogen-bond donors (Lipinski definition) is 2. The molecule has 0 saturated heterocycles. The SMILES string of the molecule is CCC1(NS(=O)(=O)c2ccsc2CO)CCC1. The van der Waals surface area contributed by atoms with Crippen LogP contribution in [0, 0.1) is 0 Å². The van der Waals surface area contributed by atoms with Crippen molar-refractivity contribution in [1.82, 2.24) is 4.72 Å². The minimum Gasteiger partial charge on any atom is -0.391 e. The van der Waals surface area contributed by atoms with Crippen LogP contribution in [0.15, 0.2) is 16.3 Å². The van der Waals surface area contributed by atoms with E-state index in [0.717, 1.165) is 25.7 Å². The molecule has 0 spiro atoms. The summed E-state index contributed by atoms with van der Waals surface area (Å²) < 4.78 is 27.3. The number of rotatable bonds is 5. The van der Waals surface area contributed by atoms with Crippen molar-refractivity contribution >= 4 is 21.4 Å². The van der Waals surface area contributed by atoms with Crippen LogP contribution in [0.4, 0.5) is 0 Å². The van der Waals surface area contributed by atoms with E-state index in [0.29, 0.717) is 4.88 Å². The molecule has 17 heavy (non-hydrogen) atoms. The lowest BCUT2D eigenvalue weighted by Crippen LogP contribution is -2.52. The van der Waals surface area contributed by atoms with Crippen molar-refractivity contribution in [3.8, 4) is 0 Å². The summed E-state index contributed by atoms with van der Waals surface area (Å²) in [4.78, 5) is 0.729. The highest BCUT2D eigenvalue weighted by Crippen LogP contribution is 2.36. The maximum atomic E-state index is 12.2.